The molecular formula is C13H15NO3. The molecule has 0 saturated carbocycles. The zero-order valence-electron chi connectivity index (χ0n) is 9.69. The minimum Gasteiger partial charge on any atom is -0.450 e. The van der Waals surface area contributed by atoms with Crippen LogP contribution in [-0.2, 0) is 11.3 Å². The van der Waals surface area contributed by atoms with E-state index in [9.17, 15) is 4.79 Å². The molecule has 0 saturated heterocycles. The maximum atomic E-state index is 11.1. The van der Waals surface area contributed by atoms with Crippen molar-refractivity contribution in [3.05, 3.63) is 35.4 Å². The van der Waals surface area contributed by atoms with Gasteiger partial charge in [0, 0.05) is 12.1 Å². The first-order valence-electron chi connectivity index (χ1n) is 5.36. The van der Waals surface area contributed by atoms with Gasteiger partial charge in [-0.1, -0.05) is 30.0 Å². The molecule has 0 fully saturated rings. The van der Waals surface area contributed by atoms with Gasteiger partial charge in [-0.15, -0.1) is 0 Å². The van der Waals surface area contributed by atoms with Gasteiger partial charge in [-0.25, -0.2) is 4.79 Å². The van der Waals surface area contributed by atoms with Crippen molar-refractivity contribution in [3.63, 3.8) is 0 Å². The minimum absolute atomic E-state index is 0.181. The lowest BCUT2D eigenvalue weighted by Gasteiger charge is -2.06. The van der Waals surface area contributed by atoms with Gasteiger partial charge in [-0.2, -0.15) is 0 Å². The van der Waals surface area contributed by atoms with Gasteiger partial charge in [0.25, 0.3) is 0 Å². The Kier molecular flexibility index (Phi) is 5.62. The van der Waals surface area contributed by atoms with Crippen molar-refractivity contribution in [3.8, 4) is 11.8 Å². The standard InChI is InChI=1S/C13H15NO3/c1-2-17-13(16)14-10-12-7-4-3-6-11(12)8-5-9-15/h3-4,6-7,15H,2,9-10H2,1H3,(H,14,16). The largest absolute Gasteiger partial charge is 0.450 e. The number of hydrogen-bond donors (Lipinski definition) is 2. The Morgan fingerprint density at radius 2 is 2.24 bits per heavy atom. The van der Waals surface area contributed by atoms with Crippen LogP contribution in [0.5, 0.6) is 0 Å². The van der Waals surface area contributed by atoms with Gasteiger partial charge >= 0.3 is 6.09 Å². The highest BCUT2D eigenvalue weighted by Gasteiger charge is 2.02. The van der Waals surface area contributed by atoms with Crippen LogP contribution >= 0.6 is 0 Å². The topological polar surface area (TPSA) is 58.6 Å². The highest BCUT2D eigenvalue weighted by atomic mass is 16.5. The van der Waals surface area contributed by atoms with Crippen molar-refractivity contribution < 1.29 is 14.6 Å². The molecule has 4 nitrogen and oxygen atoms in total. The number of amides is 1. The normalized spacial score (nSPS) is 9.06. The van der Waals surface area contributed by atoms with Crippen molar-refractivity contribution in [1.29, 1.82) is 0 Å². The zero-order chi connectivity index (χ0) is 12.5. The molecule has 0 radical (unpaired) electrons. The number of nitrogens with one attached hydrogen (secondary N) is 1. The van der Waals surface area contributed by atoms with E-state index in [0.29, 0.717) is 13.2 Å². The number of ether oxygens (including phenoxy) is 1. The lowest BCUT2D eigenvalue weighted by Crippen LogP contribution is -2.24. The Hall–Kier alpha value is -1.99. The molecule has 1 amide bonds. The first-order valence-corrected chi connectivity index (χ1v) is 5.36. The van der Waals surface area contributed by atoms with E-state index in [4.69, 9.17) is 9.84 Å². The first kappa shape index (κ1) is 13.1. The molecule has 90 valence electrons. The van der Waals surface area contributed by atoms with Crippen LogP contribution in [0.4, 0.5) is 4.79 Å². The van der Waals surface area contributed by atoms with Gasteiger partial charge in [0.05, 0.1) is 6.61 Å². The minimum atomic E-state index is -0.447. The molecule has 0 aliphatic carbocycles. The van der Waals surface area contributed by atoms with Crippen LogP contribution in [0.15, 0.2) is 24.3 Å². The SMILES string of the molecule is CCOC(=O)NCc1ccccc1C#CCO. The Balaban J connectivity index is 2.67. The maximum Gasteiger partial charge on any atom is 0.407 e. The Morgan fingerprint density at radius 3 is 2.94 bits per heavy atom. The van der Waals surface area contributed by atoms with Gasteiger partial charge in [-0.3, -0.25) is 0 Å². The van der Waals surface area contributed by atoms with Crippen LogP contribution in [0.3, 0.4) is 0 Å². The Labute approximate surface area is 101 Å². The fourth-order valence-electron chi connectivity index (χ4n) is 1.28. The van der Waals surface area contributed by atoms with Crippen LogP contribution in [0.1, 0.15) is 18.1 Å². The number of benzene rings is 1. The fraction of sp³-hybridized carbons (Fsp3) is 0.308. The molecule has 0 unspecified atom stereocenters. The predicted molar refractivity (Wildman–Crippen MR) is 64.3 cm³/mol. The highest BCUT2D eigenvalue weighted by Crippen LogP contribution is 2.06. The summed E-state index contributed by atoms with van der Waals surface area (Å²) in [5, 5.41) is 11.3. The zero-order valence-corrected chi connectivity index (χ0v) is 9.69. The van der Waals surface area contributed by atoms with E-state index in [1.54, 1.807) is 6.92 Å². The summed E-state index contributed by atoms with van der Waals surface area (Å²) in [5.74, 6) is 5.41. The summed E-state index contributed by atoms with van der Waals surface area (Å²) in [6, 6.07) is 7.43. The average Bonchev–Trinajstić information content (AvgIpc) is 2.35. The lowest BCUT2D eigenvalue weighted by atomic mass is 10.1. The second kappa shape index (κ2) is 7.31. The molecule has 17 heavy (non-hydrogen) atoms. The number of carbonyl (C=O) groups excluding carboxylic acids is 1. The molecule has 1 aromatic carbocycles. The monoisotopic (exact) mass is 233 g/mol. The maximum absolute atomic E-state index is 11.1. The van der Waals surface area contributed by atoms with E-state index in [-0.39, 0.29) is 6.61 Å². The molecular weight excluding hydrogens is 218 g/mol. The molecule has 0 heterocycles. The fourth-order valence-corrected chi connectivity index (χ4v) is 1.28. The summed E-state index contributed by atoms with van der Waals surface area (Å²) in [4.78, 5) is 11.1. The molecule has 2 N–H and O–H groups in total. The molecule has 0 spiro atoms. The molecule has 0 aliphatic rings. The number of aliphatic hydroxyl groups is 1. The summed E-state index contributed by atoms with van der Waals surface area (Å²) in [7, 11) is 0. The van der Waals surface area contributed by atoms with Crippen molar-refractivity contribution in [2.24, 2.45) is 0 Å². The molecule has 4 heteroatoms. The lowest BCUT2D eigenvalue weighted by molar-refractivity contribution is 0.151. The summed E-state index contributed by atoms with van der Waals surface area (Å²) >= 11 is 0. The van der Waals surface area contributed by atoms with Gasteiger partial charge in [0.15, 0.2) is 0 Å². The average molecular weight is 233 g/mol. The van der Waals surface area contributed by atoms with E-state index < -0.39 is 6.09 Å². The van der Waals surface area contributed by atoms with Crippen molar-refractivity contribution in [1.82, 2.24) is 5.32 Å². The van der Waals surface area contributed by atoms with Gasteiger partial charge in [0.2, 0.25) is 0 Å². The van der Waals surface area contributed by atoms with Crippen molar-refractivity contribution in [2.75, 3.05) is 13.2 Å². The van der Waals surface area contributed by atoms with Crippen LogP contribution in [0, 0.1) is 11.8 Å². The third-order valence-corrected chi connectivity index (χ3v) is 2.02. The first-order chi connectivity index (χ1) is 8.27. The van der Waals surface area contributed by atoms with Crippen molar-refractivity contribution >= 4 is 6.09 Å². The number of rotatable bonds is 3. The second-order valence-corrected chi connectivity index (χ2v) is 3.19. The smallest absolute Gasteiger partial charge is 0.407 e. The van der Waals surface area contributed by atoms with Crippen molar-refractivity contribution in [2.45, 2.75) is 13.5 Å². The molecule has 1 rings (SSSR count). The molecule has 1 aromatic rings. The third-order valence-electron chi connectivity index (χ3n) is 2.02. The molecule has 0 aromatic heterocycles. The van der Waals surface area contributed by atoms with Gasteiger partial charge in [-0.05, 0) is 18.6 Å². The predicted octanol–water partition coefficient (Wildman–Crippen LogP) is 1.28. The third kappa shape index (κ3) is 4.58. The Bertz CT molecular complexity index is 432. The van der Waals surface area contributed by atoms with Gasteiger partial charge < -0.3 is 15.2 Å². The van der Waals surface area contributed by atoms with E-state index in [1.807, 2.05) is 24.3 Å². The van der Waals surface area contributed by atoms with Crippen LogP contribution < -0.4 is 5.32 Å². The van der Waals surface area contributed by atoms with E-state index in [2.05, 4.69) is 17.2 Å². The van der Waals surface area contributed by atoms with E-state index >= 15 is 0 Å². The van der Waals surface area contributed by atoms with Crippen LogP contribution in [-0.4, -0.2) is 24.4 Å². The second-order valence-electron chi connectivity index (χ2n) is 3.19. The number of carbonyl (C=O) groups is 1. The molecule has 0 aliphatic heterocycles. The van der Waals surface area contributed by atoms with Crippen LogP contribution in [0.25, 0.3) is 0 Å². The highest BCUT2D eigenvalue weighted by molar-refractivity contribution is 5.67. The van der Waals surface area contributed by atoms with E-state index in [1.165, 1.54) is 0 Å². The molecule has 0 bridgehead atoms. The number of hydrogen-bond acceptors (Lipinski definition) is 3. The molecule has 0 atom stereocenters. The number of alkyl carbamates (subject to hydrolysis) is 1. The Morgan fingerprint density at radius 1 is 1.47 bits per heavy atom. The summed E-state index contributed by atoms with van der Waals surface area (Å²) in [6.45, 7) is 2.27. The summed E-state index contributed by atoms with van der Waals surface area (Å²) in [6.07, 6.45) is -0.447. The summed E-state index contributed by atoms with van der Waals surface area (Å²) in [5.41, 5.74) is 1.68. The quantitative estimate of drug-likeness (QED) is 0.773. The summed E-state index contributed by atoms with van der Waals surface area (Å²) < 4.78 is 4.76. The van der Waals surface area contributed by atoms with Crippen LogP contribution in [0.2, 0.25) is 0 Å². The van der Waals surface area contributed by atoms with Gasteiger partial charge in [0.1, 0.15) is 6.61 Å². The number of aliphatic hydroxyl groups excluding tert-OH is 1. The van der Waals surface area contributed by atoms with E-state index in [0.717, 1.165) is 11.1 Å².